The summed E-state index contributed by atoms with van der Waals surface area (Å²) in [7, 11) is 1.35. The molecule has 1 saturated heterocycles. The van der Waals surface area contributed by atoms with Crippen molar-refractivity contribution < 1.29 is 14.3 Å². The molecule has 3 rings (SSSR count). The summed E-state index contributed by atoms with van der Waals surface area (Å²) in [6, 6.07) is 16.0. The van der Waals surface area contributed by atoms with Crippen LogP contribution in [0.1, 0.15) is 20.7 Å². The molecule has 0 spiro atoms. The molecule has 0 radical (unpaired) electrons. The fraction of sp³-hybridized carbons (Fsp3) is 0.263. The van der Waals surface area contributed by atoms with Gasteiger partial charge in [-0.25, -0.2) is 4.79 Å². The first-order valence-electron chi connectivity index (χ1n) is 8.36. The third-order valence-electron chi connectivity index (χ3n) is 4.14. The minimum absolute atomic E-state index is 0.0422. The summed E-state index contributed by atoms with van der Waals surface area (Å²) in [6.07, 6.45) is 0. The van der Waals surface area contributed by atoms with Crippen LogP contribution in [-0.2, 0) is 4.74 Å². The largest absolute Gasteiger partial charge is 0.465 e. The molecule has 2 aromatic rings. The van der Waals surface area contributed by atoms with Crippen LogP contribution in [0.3, 0.4) is 0 Å². The number of ether oxygens (including phenoxy) is 1. The highest BCUT2D eigenvalue weighted by Crippen LogP contribution is 2.16. The standard InChI is InChI=1S/C19H20N4O3/c1-26-19(25)16-7-9-17(10-8-16)20-21-23-13-11-22(12-14-23)18(24)15-5-3-2-4-6-15/h2-10H,11-14H2,1H3. The first-order valence-corrected chi connectivity index (χ1v) is 8.36. The van der Waals surface area contributed by atoms with E-state index in [4.69, 9.17) is 0 Å². The van der Waals surface area contributed by atoms with E-state index >= 15 is 0 Å². The number of benzene rings is 2. The van der Waals surface area contributed by atoms with Crippen LogP contribution in [-0.4, -0.2) is 55.1 Å². The van der Waals surface area contributed by atoms with Gasteiger partial charge in [-0.3, -0.25) is 9.80 Å². The van der Waals surface area contributed by atoms with Crippen LogP contribution in [0.25, 0.3) is 0 Å². The Kier molecular flexibility index (Phi) is 5.58. The van der Waals surface area contributed by atoms with Gasteiger partial charge in [-0.1, -0.05) is 23.4 Å². The topological polar surface area (TPSA) is 74.6 Å². The average molecular weight is 352 g/mol. The van der Waals surface area contributed by atoms with Crippen molar-refractivity contribution >= 4 is 17.6 Å². The lowest BCUT2D eigenvalue weighted by Gasteiger charge is -2.32. The Morgan fingerprint density at radius 1 is 0.885 bits per heavy atom. The van der Waals surface area contributed by atoms with Gasteiger partial charge < -0.3 is 9.64 Å². The van der Waals surface area contributed by atoms with Crippen LogP contribution in [0.5, 0.6) is 0 Å². The number of amides is 1. The third-order valence-corrected chi connectivity index (χ3v) is 4.14. The second kappa shape index (κ2) is 8.24. The second-order valence-corrected chi connectivity index (χ2v) is 5.84. The van der Waals surface area contributed by atoms with Crippen LogP contribution in [0.15, 0.2) is 64.9 Å². The molecule has 134 valence electrons. The van der Waals surface area contributed by atoms with Crippen molar-refractivity contribution in [3.05, 3.63) is 65.7 Å². The van der Waals surface area contributed by atoms with Gasteiger partial charge in [0.1, 0.15) is 0 Å². The number of piperazine rings is 1. The lowest BCUT2D eigenvalue weighted by molar-refractivity contribution is 0.0598. The molecule has 0 atom stereocenters. The summed E-state index contributed by atoms with van der Waals surface area (Å²) in [5.74, 6) is -0.340. The number of hydrogen-bond acceptors (Lipinski definition) is 5. The number of rotatable bonds is 4. The van der Waals surface area contributed by atoms with E-state index < -0.39 is 0 Å². The van der Waals surface area contributed by atoms with Crippen LogP contribution in [0.4, 0.5) is 5.69 Å². The van der Waals surface area contributed by atoms with Crippen LogP contribution in [0, 0.1) is 0 Å². The van der Waals surface area contributed by atoms with Crippen molar-refractivity contribution in [2.75, 3.05) is 33.3 Å². The molecule has 1 aliphatic rings. The van der Waals surface area contributed by atoms with Gasteiger partial charge in [0.05, 0.1) is 31.5 Å². The molecule has 0 saturated carbocycles. The second-order valence-electron chi connectivity index (χ2n) is 5.84. The smallest absolute Gasteiger partial charge is 0.337 e. The lowest BCUT2D eigenvalue weighted by atomic mass is 10.2. The van der Waals surface area contributed by atoms with Gasteiger partial charge in [0.2, 0.25) is 0 Å². The number of nitrogens with zero attached hydrogens (tertiary/aromatic N) is 4. The van der Waals surface area contributed by atoms with Crippen LogP contribution < -0.4 is 0 Å². The predicted octanol–water partition coefficient (Wildman–Crippen LogP) is 2.93. The van der Waals surface area contributed by atoms with Gasteiger partial charge in [-0.15, -0.1) is 5.11 Å². The molecule has 1 amide bonds. The molecular formula is C19H20N4O3. The first kappa shape index (κ1) is 17.6. The number of carbonyl (C=O) groups is 2. The predicted molar refractivity (Wildman–Crippen MR) is 96.2 cm³/mol. The van der Waals surface area contributed by atoms with Crippen LogP contribution in [0.2, 0.25) is 0 Å². The highest BCUT2D eigenvalue weighted by atomic mass is 16.5. The Balaban J connectivity index is 1.53. The zero-order valence-electron chi connectivity index (χ0n) is 14.5. The van der Waals surface area contributed by atoms with Crippen molar-refractivity contribution in [2.24, 2.45) is 10.3 Å². The normalized spacial score (nSPS) is 14.5. The molecule has 26 heavy (non-hydrogen) atoms. The van der Waals surface area contributed by atoms with Crippen molar-refractivity contribution in [3.8, 4) is 0 Å². The number of methoxy groups -OCH3 is 1. The highest BCUT2D eigenvalue weighted by Gasteiger charge is 2.21. The summed E-state index contributed by atoms with van der Waals surface area (Å²) >= 11 is 0. The molecule has 0 unspecified atom stereocenters. The maximum atomic E-state index is 12.4. The summed E-state index contributed by atoms with van der Waals surface area (Å²) in [5.41, 5.74) is 1.83. The Hall–Kier alpha value is -3.22. The molecule has 0 N–H and O–H groups in total. The molecule has 1 fully saturated rings. The molecule has 0 aliphatic carbocycles. The molecule has 0 bridgehead atoms. The van der Waals surface area contributed by atoms with Gasteiger partial charge in [0.25, 0.3) is 5.91 Å². The molecule has 7 nitrogen and oxygen atoms in total. The highest BCUT2D eigenvalue weighted by molar-refractivity contribution is 5.94. The fourth-order valence-electron chi connectivity index (χ4n) is 2.65. The summed E-state index contributed by atoms with van der Waals surface area (Å²) in [4.78, 5) is 25.6. The Morgan fingerprint density at radius 3 is 2.15 bits per heavy atom. The zero-order chi connectivity index (χ0) is 18.4. The quantitative estimate of drug-likeness (QED) is 0.626. The third kappa shape index (κ3) is 4.24. The van der Waals surface area contributed by atoms with E-state index in [1.807, 2.05) is 40.2 Å². The van der Waals surface area contributed by atoms with Crippen molar-refractivity contribution in [2.45, 2.75) is 0 Å². The summed E-state index contributed by atoms with van der Waals surface area (Å²) < 4.78 is 4.66. The van der Waals surface area contributed by atoms with E-state index in [0.717, 1.165) is 0 Å². The van der Waals surface area contributed by atoms with E-state index in [0.29, 0.717) is 43.0 Å². The molecular weight excluding hydrogens is 332 g/mol. The lowest BCUT2D eigenvalue weighted by Crippen LogP contribution is -2.46. The maximum Gasteiger partial charge on any atom is 0.337 e. The van der Waals surface area contributed by atoms with E-state index in [1.54, 1.807) is 24.3 Å². The Labute approximate surface area is 151 Å². The Morgan fingerprint density at radius 2 is 1.54 bits per heavy atom. The van der Waals surface area contributed by atoms with Gasteiger partial charge in [0, 0.05) is 18.7 Å². The summed E-state index contributed by atoms with van der Waals surface area (Å²) in [5, 5.41) is 10.2. The summed E-state index contributed by atoms with van der Waals surface area (Å²) in [6.45, 7) is 2.46. The zero-order valence-corrected chi connectivity index (χ0v) is 14.5. The number of carbonyl (C=O) groups excluding carboxylic acids is 2. The minimum Gasteiger partial charge on any atom is -0.465 e. The number of hydrogen-bond donors (Lipinski definition) is 0. The monoisotopic (exact) mass is 352 g/mol. The van der Waals surface area contributed by atoms with Gasteiger partial charge >= 0.3 is 5.97 Å². The number of esters is 1. The van der Waals surface area contributed by atoms with E-state index in [1.165, 1.54) is 7.11 Å². The van der Waals surface area contributed by atoms with Gasteiger partial charge in [-0.2, -0.15) is 0 Å². The van der Waals surface area contributed by atoms with Crippen molar-refractivity contribution in [3.63, 3.8) is 0 Å². The molecule has 0 aromatic heterocycles. The molecule has 7 heteroatoms. The molecule has 2 aromatic carbocycles. The first-order chi connectivity index (χ1) is 12.7. The average Bonchev–Trinajstić information content (AvgIpc) is 2.72. The fourth-order valence-corrected chi connectivity index (χ4v) is 2.65. The van der Waals surface area contributed by atoms with Crippen LogP contribution >= 0.6 is 0 Å². The molecule has 1 aliphatic heterocycles. The Bertz CT molecular complexity index is 782. The van der Waals surface area contributed by atoms with E-state index in [9.17, 15) is 9.59 Å². The SMILES string of the molecule is COC(=O)c1ccc(N=NN2CCN(C(=O)c3ccccc3)CC2)cc1. The van der Waals surface area contributed by atoms with E-state index in [2.05, 4.69) is 15.1 Å². The van der Waals surface area contributed by atoms with Gasteiger partial charge in [-0.05, 0) is 36.4 Å². The minimum atomic E-state index is -0.382. The maximum absolute atomic E-state index is 12.4. The molecule has 1 heterocycles. The van der Waals surface area contributed by atoms with E-state index in [-0.39, 0.29) is 11.9 Å². The van der Waals surface area contributed by atoms with Crippen molar-refractivity contribution in [1.29, 1.82) is 0 Å². The van der Waals surface area contributed by atoms with Crippen molar-refractivity contribution in [1.82, 2.24) is 9.91 Å². The van der Waals surface area contributed by atoms with Gasteiger partial charge in [0.15, 0.2) is 0 Å².